The van der Waals surface area contributed by atoms with Gasteiger partial charge in [0, 0.05) is 75.4 Å². The van der Waals surface area contributed by atoms with Gasteiger partial charge < -0.3 is 24.6 Å². The van der Waals surface area contributed by atoms with Crippen molar-refractivity contribution in [1.29, 1.82) is 0 Å². The zero-order valence-corrected chi connectivity index (χ0v) is 28.3. The Balaban J connectivity index is 0.909. The fourth-order valence-corrected chi connectivity index (χ4v) is 7.50. The summed E-state index contributed by atoms with van der Waals surface area (Å²) < 4.78 is 40.3. The Labute approximate surface area is 295 Å². The summed E-state index contributed by atoms with van der Waals surface area (Å²) in [5.41, 5.74) is 1.53. The van der Waals surface area contributed by atoms with Crippen LogP contribution in [0.2, 0.25) is 0 Å². The van der Waals surface area contributed by atoms with Crippen molar-refractivity contribution in [3.05, 3.63) is 58.5 Å². The van der Waals surface area contributed by atoms with Crippen LogP contribution in [0.1, 0.15) is 33.6 Å². The number of carbonyl (C=O) groups is 5. The lowest BCUT2D eigenvalue weighted by molar-refractivity contribution is -0.136. The fraction of sp³-hybridized carbons (Fsp3) is 0.412. The zero-order chi connectivity index (χ0) is 35.6. The van der Waals surface area contributed by atoms with Crippen LogP contribution in [0.5, 0.6) is 5.75 Å². The number of benzene rings is 2. The highest BCUT2D eigenvalue weighted by molar-refractivity contribution is 7.14. The monoisotopic (exact) mass is 723 g/mol. The molecular weight excluding hydrogens is 688 g/mol. The normalized spacial score (nSPS) is 19.7. The highest BCUT2D eigenvalue weighted by Crippen LogP contribution is 2.37. The minimum atomic E-state index is -1.18. The third-order valence-corrected chi connectivity index (χ3v) is 10.3. The number of anilines is 2. The molecule has 0 bridgehead atoms. The second-order valence-electron chi connectivity index (χ2n) is 12.5. The summed E-state index contributed by atoms with van der Waals surface area (Å²) in [4.78, 5) is 74.9. The number of nitrogens with one attached hydrogen (secondary N) is 2. The molecule has 3 aromatic rings. The molecule has 1 atom stereocenters. The maximum Gasteiger partial charge on any atom is 0.264 e. The lowest BCUT2D eigenvalue weighted by Gasteiger charge is -2.34. The lowest BCUT2D eigenvalue weighted by Crippen LogP contribution is -2.54. The van der Waals surface area contributed by atoms with Crippen molar-refractivity contribution in [1.82, 2.24) is 25.0 Å². The second kappa shape index (κ2) is 14.7. The van der Waals surface area contributed by atoms with E-state index in [0.717, 1.165) is 16.1 Å². The number of aromatic nitrogens is 1. The third kappa shape index (κ3) is 7.00. The van der Waals surface area contributed by atoms with E-state index in [2.05, 4.69) is 25.4 Å². The molecule has 5 amide bonds. The molecule has 4 aliphatic heterocycles. The number of imide groups is 2. The molecule has 1 aromatic heterocycles. The van der Waals surface area contributed by atoms with Gasteiger partial charge in [0.15, 0.2) is 23.3 Å². The summed E-state index contributed by atoms with van der Waals surface area (Å²) in [6, 6.07) is 6.25. The standard InChI is InChI=1S/C34H35F2N7O7S/c35-22-5-4-20(24-19-51-34(38-24)42-14-16-49-17-15-42)30(29(22)36)50-18-27(45)41-12-10-40(11-13-41)9-8-37-23-3-1-2-21-28(23)33(48)43(32(21)47)25-6-7-26(44)39-31(25)46/h1-5,19,25,37H,6-18H2,(H,39,44,46). The average molecular weight is 724 g/mol. The van der Waals surface area contributed by atoms with Crippen LogP contribution in [0.15, 0.2) is 35.7 Å². The molecule has 0 aliphatic carbocycles. The van der Waals surface area contributed by atoms with Crippen LogP contribution in [-0.4, -0.2) is 127 Å². The molecule has 7 rings (SSSR count). The number of nitrogens with zero attached hydrogens (tertiary/aromatic N) is 5. The van der Waals surface area contributed by atoms with Gasteiger partial charge in [-0.2, -0.15) is 4.39 Å². The van der Waals surface area contributed by atoms with Crippen LogP contribution in [0, 0.1) is 11.6 Å². The molecule has 0 saturated carbocycles. The van der Waals surface area contributed by atoms with E-state index in [1.54, 1.807) is 22.4 Å². The van der Waals surface area contributed by atoms with E-state index in [1.165, 1.54) is 23.5 Å². The molecule has 4 aliphatic rings. The highest BCUT2D eigenvalue weighted by atomic mass is 32.1. The molecule has 2 N–H and O–H groups in total. The van der Waals surface area contributed by atoms with E-state index in [-0.39, 0.29) is 41.2 Å². The van der Waals surface area contributed by atoms with Crippen molar-refractivity contribution >= 4 is 51.7 Å². The summed E-state index contributed by atoms with van der Waals surface area (Å²) in [5, 5.41) is 7.91. The summed E-state index contributed by atoms with van der Waals surface area (Å²) in [7, 11) is 0. The zero-order valence-electron chi connectivity index (χ0n) is 27.5. The SMILES string of the molecule is O=C1CCC(N2C(=O)c3cccc(NCCN4CCN(C(=O)COc5c(-c6csc(N7CCOCC7)n6)ccc(F)c5F)CC4)c3C2=O)C(=O)N1. The van der Waals surface area contributed by atoms with Crippen molar-refractivity contribution in [3.8, 4) is 17.0 Å². The van der Waals surface area contributed by atoms with Gasteiger partial charge >= 0.3 is 0 Å². The summed E-state index contributed by atoms with van der Waals surface area (Å²) >= 11 is 1.38. The van der Waals surface area contributed by atoms with Crippen LogP contribution in [-0.2, 0) is 19.1 Å². The molecule has 17 heteroatoms. The predicted octanol–water partition coefficient (Wildman–Crippen LogP) is 1.96. The number of morpholine rings is 1. The molecule has 3 saturated heterocycles. The third-order valence-electron chi connectivity index (χ3n) is 9.38. The predicted molar refractivity (Wildman–Crippen MR) is 181 cm³/mol. The van der Waals surface area contributed by atoms with Crippen molar-refractivity contribution in [2.75, 3.05) is 82.4 Å². The minimum absolute atomic E-state index is 0.0390. The number of piperazine rings is 1. The molecule has 5 heterocycles. The maximum absolute atomic E-state index is 15.0. The van der Waals surface area contributed by atoms with Gasteiger partial charge in [-0.25, -0.2) is 9.37 Å². The number of ether oxygens (including phenoxy) is 2. The van der Waals surface area contributed by atoms with E-state index >= 15 is 0 Å². The van der Waals surface area contributed by atoms with Crippen molar-refractivity contribution in [3.63, 3.8) is 0 Å². The first-order chi connectivity index (χ1) is 24.7. The van der Waals surface area contributed by atoms with Gasteiger partial charge in [0.25, 0.3) is 17.7 Å². The van der Waals surface area contributed by atoms with Gasteiger partial charge in [0.1, 0.15) is 6.04 Å². The number of thiazole rings is 1. The molecule has 0 radical (unpaired) electrons. The molecule has 51 heavy (non-hydrogen) atoms. The highest BCUT2D eigenvalue weighted by Gasteiger charge is 2.45. The molecule has 1 unspecified atom stereocenters. The Hall–Kier alpha value is -5.00. The van der Waals surface area contributed by atoms with Crippen LogP contribution in [0.4, 0.5) is 19.6 Å². The topological polar surface area (TPSA) is 154 Å². The van der Waals surface area contributed by atoms with Gasteiger partial charge in [-0.1, -0.05) is 6.07 Å². The number of piperidine rings is 1. The molecule has 14 nitrogen and oxygen atoms in total. The van der Waals surface area contributed by atoms with Gasteiger partial charge in [0.2, 0.25) is 17.6 Å². The van der Waals surface area contributed by atoms with Crippen LogP contribution >= 0.6 is 11.3 Å². The Kier molecular flexibility index (Phi) is 9.93. The number of carbonyl (C=O) groups excluding carboxylic acids is 5. The van der Waals surface area contributed by atoms with Crippen molar-refractivity contribution < 1.29 is 42.2 Å². The Morgan fingerprint density at radius 3 is 2.55 bits per heavy atom. The summed E-state index contributed by atoms with van der Waals surface area (Å²) in [5.74, 6) is -5.26. The maximum atomic E-state index is 15.0. The average Bonchev–Trinajstić information content (AvgIpc) is 3.73. The number of rotatable bonds is 10. The summed E-state index contributed by atoms with van der Waals surface area (Å²) in [6.07, 6.45) is 0.114. The first-order valence-corrected chi connectivity index (χ1v) is 17.6. The van der Waals surface area contributed by atoms with E-state index in [1.807, 2.05) is 0 Å². The smallest absolute Gasteiger partial charge is 0.264 e. The van der Waals surface area contributed by atoms with Gasteiger partial charge in [0.05, 0.1) is 30.0 Å². The van der Waals surface area contributed by atoms with Gasteiger partial charge in [-0.3, -0.25) is 39.1 Å². The second-order valence-corrected chi connectivity index (χ2v) is 13.3. The summed E-state index contributed by atoms with van der Waals surface area (Å²) in [6.45, 7) is 4.92. The Bertz CT molecular complexity index is 1880. The molecular formula is C34H35F2N7O7S. The number of fused-ring (bicyclic) bond motifs is 1. The number of hydrogen-bond donors (Lipinski definition) is 2. The number of halogens is 2. The van der Waals surface area contributed by atoms with Crippen molar-refractivity contribution in [2.24, 2.45) is 0 Å². The first kappa shape index (κ1) is 34.4. The van der Waals surface area contributed by atoms with Crippen LogP contribution in [0.25, 0.3) is 11.3 Å². The van der Waals surface area contributed by atoms with Crippen LogP contribution < -0.4 is 20.3 Å². The van der Waals surface area contributed by atoms with Gasteiger partial charge in [-0.15, -0.1) is 11.3 Å². The Morgan fingerprint density at radius 1 is 1.00 bits per heavy atom. The van der Waals surface area contributed by atoms with E-state index in [0.29, 0.717) is 77.0 Å². The van der Waals surface area contributed by atoms with Crippen molar-refractivity contribution in [2.45, 2.75) is 18.9 Å². The Morgan fingerprint density at radius 2 is 1.78 bits per heavy atom. The lowest BCUT2D eigenvalue weighted by atomic mass is 10.0. The largest absolute Gasteiger partial charge is 0.480 e. The minimum Gasteiger partial charge on any atom is -0.480 e. The van der Waals surface area contributed by atoms with Gasteiger partial charge in [-0.05, 0) is 30.7 Å². The van der Waals surface area contributed by atoms with E-state index in [4.69, 9.17) is 9.47 Å². The molecule has 268 valence electrons. The fourth-order valence-electron chi connectivity index (χ4n) is 6.62. The molecule has 3 fully saturated rings. The first-order valence-electron chi connectivity index (χ1n) is 16.7. The molecule has 0 spiro atoms. The number of hydrogen-bond acceptors (Lipinski definition) is 12. The van der Waals surface area contributed by atoms with E-state index in [9.17, 15) is 32.8 Å². The van der Waals surface area contributed by atoms with Crippen LogP contribution in [0.3, 0.4) is 0 Å². The molecule has 2 aromatic carbocycles. The van der Waals surface area contributed by atoms with E-state index < -0.39 is 47.9 Å². The quantitative estimate of drug-likeness (QED) is 0.295. The number of amides is 5.